The second-order valence-corrected chi connectivity index (χ2v) is 5.67. The monoisotopic (exact) mass is 180 g/mol. The van der Waals surface area contributed by atoms with E-state index in [1.165, 1.54) is 13.8 Å². The molecule has 0 aliphatic rings. The summed E-state index contributed by atoms with van der Waals surface area (Å²) >= 11 is -1.79. The molecule has 0 amide bonds. The zero-order valence-electron chi connectivity index (χ0n) is 4.84. The number of rotatable bonds is 2. The number of hydrogen-bond acceptors (Lipinski definition) is 2. The van der Waals surface area contributed by atoms with E-state index in [1.807, 2.05) is 0 Å². The van der Waals surface area contributed by atoms with Gasteiger partial charge >= 0.3 is 53.4 Å². The van der Waals surface area contributed by atoms with E-state index in [0.717, 1.165) is 0 Å². The summed E-state index contributed by atoms with van der Waals surface area (Å²) < 4.78 is 9.23. The van der Waals surface area contributed by atoms with Crippen LogP contribution in [0.25, 0.3) is 0 Å². The quantitative estimate of drug-likeness (QED) is 0.598. The average molecular weight is 180 g/mol. The third-order valence-electron chi connectivity index (χ3n) is 0.846. The molecule has 0 aromatic rings. The first-order valence-corrected chi connectivity index (χ1v) is 4.40. The van der Waals surface area contributed by atoms with E-state index in [2.05, 4.69) is 0 Å². The third kappa shape index (κ3) is 1.74. The summed E-state index contributed by atoms with van der Waals surface area (Å²) in [4.78, 5) is 10.1. The standard InChI is InChI=1S/C4H9AsO3/c1-4(2,5-8)3(6)7/h5H2,1-2H3,(H,6,7). The van der Waals surface area contributed by atoms with Crippen molar-refractivity contribution in [1.82, 2.24) is 0 Å². The summed E-state index contributed by atoms with van der Waals surface area (Å²) in [5, 5.41) is 8.28. The predicted molar refractivity (Wildman–Crippen MR) is 30.9 cm³/mol. The molecule has 8 heavy (non-hydrogen) atoms. The van der Waals surface area contributed by atoms with Crippen molar-refractivity contribution in [3.8, 4) is 0 Å². The van der Waals surface area contributed by atoms with Gasteiger partial charge in [0.1, 0.15) is 0 Å². The Labute approximate surface area is 54.0 Å². The second-order valence-electron chi connectivity index (χ2n) is 2.14. The van der Waals surface area contributed by atoms with Gasteiger partial charge in [-0.1, -0.05) is 0 Å². The van der Waals surface area contributed by atoms with E-state index in [-0.39, 0.29) is 0 Å². The molecule has 0 spiro atoms. The molecule has 1 unspecified atom stereocenters. The molecule has 0 bridgehead atoms. The molecular weight excluding hydrogens is 171 g/mol. The van der Waals surface area contributed by atoms with Gasteiger partial charge in [0.25, 0.3) is 0 Å². The summed E-state index contributed by atoms with van der Waals surface area (Å²) in [6, 6.07) is 0. The molecule has 4 heteroatoms. The van der Waals surface area contributed by atoms with Crippen molar-refractivity contribution < 1.29 is 13.6 Å². The van der Waals surface area contributed by atoms with Crippen molar-refractivity contribution in [3.05, 3.63) is 0 Å². The van der Waals surface area contributed by atoms with Crippen LogP contribution >= 0.6 is 0 Å². The van der Waals surface area contributed by atoms with Gasteiger partial charge in [-0.25, -0.2) is 0 Å². The maximum absolute atomic E-state index is 10.2. The molecule has 0 aliphatic heterocycles. The fraction of sp³-hybridized carbons (Fsp3) is 0.750. The molecule has 0 aromatic carbocycles. The van der Waals surface area contributed by atoms with Crippen LogP contribution in [0.15, 0.2) is 0 Å². The van der Waals surface area contributed by atoms with Gasteiger partial charge < -0.3 is 0 Å². The summed E-state index contributed by atoms with van der Waals surface area (Å²) in [5.74, 6) is -0.965. The zero-order valence-corrected chi connectivity index (χ0v) is 7.26. The minimum atomic E-state index is -1.79. The molecule has 0 saturated carbocycles. The van der Waals surface area contributed by atoms with Gasteiger partial charge in [-0.2, -0.15) is 0 Å². The van der Waals surface area contributed by atoms with E-state index < -0.39 is 25.9 Å². The Morgan fingerprint density at radius 3 is 2.00 bits per heavy atom. The SMILES string of the molecule is CC(C)([AsH2]=O)C(=O)O. The van der Waals surface area contributed by atoms with Crippen molar-refractivity contribution >= 4 is 21.7 Å². The Balaban J connectivity index is 4.12. The van der Waals surface area contributed by atoms with Crippen LogP contribution in [0.5, 0.6) is 0 Å². The van der Waals surface area contributed by atoms with Crippen molar-refractivity contribution in [1.29, 1.82) is 0 Å². The first-order chi connectivity index (χ1) is 3.50. The zero-order chi connectivity index (χ0) is 6.78. The van der Waals surface area contributed by atoms with Crippen molar-refractivity contribution in [3.63, 3.8) is 0 Å². The van der Waals surface area contributed by atoms with Gasteiger partial charge in [0.15, 0.2) is 0 Å². The van der Waals surface area contributed by atoms with Gasteiger partial charge in [-0.3, -0.25) is 0 Å². The van der Waals surface area contributed by atoms with E-state index >= 15 is 0 Å². The van der Waals surface area contributed by atoms with Crippen molar-refractivity contribution in [2.75, 3.05) is 0 Å². The predicted octanol–water partition coefficient (Wildman–Crippen LogP) is -0.216. The van der Waals surface area contributed by atoms with Gasteiger partial charge in [0, 0.05) is 0 Å². The van der Waals surface area contributed by atoms with Gasteiger partial charge in [-0.05, 0) is 0 Å². The van der Waals surface area contributed by atoms with Gasteiger partial charge in [0.05, 0.1) is 0 Å². The molecular formula is C4H9AsO3. The summed E-state index contributed by atoms with van der Waals surface area (Å²) in [6.07, 6.45) is 0. The van der Waals surface area contributed by atoms with E-state index in [9.17, 15) is 8.53 Å². The van der Waals surface area contributed by atoms with Crippen LogP contribution < -0.4 is 0 Å². The number of hydrogen-bond donors (Lipinski definition) is 1. The number of carbonyl (C=O) groups is 1. The van der Waals surface area contributed by atoms with Crippen molar-refractivity contribution in [2.24, 2.45) is 0 Å². The Morgan fingerprint density at radius 1 is 1.62 bits per heavy atom. The van der Waals surface area contributed by atoms with E-state index in [4.69, 9.17) is 5.11 Å². The summed E-state index contributed by atoms with van der Waals surface area (Å²) in [5.41, 5.74) is 0. The maximum atomic E-state index is 10.2. The molecule has 3 nitrogen and oxygen atoms in total. The number of aliphatic carboxylic acids is 1. The van der Waals surface area contributed by atoms with Crippen LogP contribution in [0.4, 0.5) is 0 Å². The molecule has 0 rings (SSSR count). The number of carboxylic acid groups (broad SMARTS) is 1. The van der Waals surface area contributed by atoms with Crippen LogP contribution in [0.3, 0.4) is 0 Å². The van der Waals surface area contributed by atoms with Crippen LogP contribution in [-0.2, 0) is 8.53 Å². The van der Waals surface area contributed by atoms with Gasteiger partial charge in [-0.15, -0.1) is 0 Å². The molecule has 0 aromatic heterocycles. The normalized spacial score (nSPS) is 12.8. The van der Waals surface area contributed by atoms with E-state index in [1.54, 1.807) is 0 Å². The Morgan fingerprint density at radius 2 is 2.00 bits per heavy atom. The van der Waals surface area contributed by atoms with Crippen LogP contribution in [0.1, 0.15) is 13.8 Å². The number of carboxylic acids is 1. The first-order valence-electron chi connectivity index (χ1n) is 2.20. The molecule has 0 aliphatic carbocycles. The summed E-state index contributed by atoms with van der Waals surface area (Å²) in [6.45, 7) is 2.95. The minimum absolute atomic E-state index is 0.941. The molecule has 0 saturated heterocycles. The topological polar surface area (TPSA) is 54.4 Å². The molecule has 0 heterocycles. The first kappa shape index (κ1) is 7.83. The Hall–Kier alpha value is -0.172. The fourth-order valence-electron chi connectivity index (χ4n) is 0.0504. The molecule has 1 N–H and O–H groups in total. The molecule has 0 fully saturated rings. The summed E-state index contributed by atoms with van der Waals surface area (Å²) in [7, 11) is 0. The Kier molecular flexibility index (Phi) is 2.35. The molecule has 0 radical (unpaired) electrons. The van der Waals surface area contributed by atoms with Crippen LogP contribution in [0.2, 0.25) is 4.20 Å². The van der Waals surface area contributed by atoms with Gasteiger partial charge in [0.2, 0.25) is 0 Å². The van der Waals surface area contributed by atoms with E-state index in [0.29, 0.717) is 0 Å². The fourth-order valence-corrected chi connectivity index (χ4v) is 0.262. The average Bonchev–Trinajstić information content (AvgIpc) is 1.67. The van der Waals surface area contributed by atoms with Crippen molar-refractivity contribution in [2.45, 2.75) is 18.1 Å². The third-order valence-corrected chi connectivity index (χ3v) is 2.60. The molecule has 1 atom stereocenters. The Bertz CT molecular complexity index is 118. The molecule has 48 valence electrons. The van der Waals surface area contributed by atoms with Crippen LogP contribution in [0, 0.1) is 0 Å². The second kappa shape index (κ2) is 2.40. The van der Waals surface area contributed by atoms with Crippen LogP contribution in [-0.4, -0.2) is 26.8 Å².